The van der Waals surface area contributed by atoms with Crippen LogP contribution >= 0.6 is 0 Å². The Labute approximate surface area is 170 Å². The number of halogens is 5. The van der Waals surface area contributed by atoms with Gasteiger partial charge in [-0.2, -0.15) is 22.5 Å². The fourth-order valence-corrected chi connectivity index (χ4v) is 3.78. The molecule has 3 rings (SSSR count). The Balaban J connectivity index is 1.67. The number of pyridine rings is 1. The highest BCUT2D eigenvalue weighted by atomic mass is 19.3. The van der Waals surface area contributed by atoms with Gasteiger partial charge in [0.05, 0.1) is 32.2 Å². The quantitative estimate of drug-likeness (QED) is 0.614. The van der Waals surface area contributed by atoms with Gasteiger partial charge in [0.2, 0.25) is 11.8 Å². The standard InChI is InChI=1S/C19H24F5N3O3/c1-26-6-4-5-14(26)17(28)27(2)9-11-7-13(20)16(25-15(11)29-3)30-10-12-8-18(21,22)19(12,23)24/h7,12,14H,4-6,8-10H2,1-3H3. The van der Waals surface area contributed by atoms with Crippen molar-refractivity contribution in [2.24, 2.45) is 5.92 Å². The second-order valence-electron chi connectivity index (χ2n) is 7.82. The second-order valence-corrected chi connectivity index (χ2v) is 7.82. The smallest absolute Gasteiger partial charge is 0.316 e. The number of nitrogens with zero attached hydrogens (tertiary/aromatic N) is 3. The number of amides is 1. The zero-order valence-corrected chi connectivity index (χ0v) is 16.9. The molecule has 2 aliphatic rings. The first-order valence-electron chi connectivity index (χ1n) is 9.55. The van der Waals surface area contributed by atoms with Crippen LogP contribution in [0.25, 0.3) is 0 Å². The van der Waals surface area contributed by atoms with E-state index in [1.165, 1.54) is 12.0 Å². The van der Waals surface area contributed by atoms with Crippen molar-refractivity contribution in [3.63, 3.8) is 0 Å². The average Bonchev–Trinajstić information content (AvgIpc) is 3.11. The van der Waals surface area contributed by atoms with E-state index in [0.29, 0.717) is 0 Å². The normalized spacial score (nSPS) is 24.9. The van der Waals surface area contributed by atoms with E-state index in [2.05, 4.69) is 4.98 Å². The van der Waals surface area contributed by atoms with E-state index in [-0.39, 0.29) is 29.9 Å². The SMILES string of the molecule is COc1nc(OCC2CC(F)(F)C2(F)F)c(F)cc1CN(C)C(=O)C1CCCN1C. The second kappa shape index (κ2) is 8.16. The Morgan fingerprint density at radius 3 is 2.57 bits per heavy atom. The van der Waals surface area contributed by atoms with E-state index in [4.69, 9.17) is 9.47 Å². The highest BCUT2D eigenvalue weighted by Crippen LogP contribution is 2.55. The number of alkyl halides is 4. The van der Waals surface area contributed by atoms with Crippen molar-refractivity contribution in [2.75, 3.05) is 34.4 Å². The largest absolute Gasteiger partial charge is 0.481 e. The topological polar surface area (TPSA) is 54.9 Å². The zero-order chi connectivity index (χ0) is 22.3. The monoisotopic (exact) mass is 437 g/mol. The van der Waals surface area contributed by atoms with Crippen molar-refractivity contribution in [3.05, 3.63) is 17.4 Å². The first-order chi connectivity index (χ1) is 14.0. The molecule has 168 valence electrons. The van der Waals surface area contributed by atoms with Crippen LogP contribution in [-0.2, 0) is 11.3 Å². The summed E-state index contributed by atoms with van der Waals surface area (Å²) in [7, 11) is 4.72. The number of aromatic nitrogens is 1. The molecule has 1 aromatic rings. The first-order valence-corrected chi connectivity index (χ1v) is 9.55. The van der Waals surface area contributed by atoms with Gasteiger partial charge in [-0.15, -0.1) is 0 Å². The molecule has 2 atom stereocenters. The fourth-order valence-electron chi connectivity index (χ4n) is 3.78. The molecule has 0 N–H and O–H groups in total. The van der Waals surface area contributed by atoms with Gasteiger partial charge in [0.25, 0.3) is 5.88 Å². The number of carbonyl (C=O) groups is 1. The summed E-state index contributed by atoms with van der Waals surface area (Å²) in [5.74, 6) is -11.8. The number of likely N-dealkylation sites (tertiary alicyclic amines) is 1. The molecule has 1 aliphatic carbocycles. The lowest BCUT2D eigenvalue weighted by Crippen LogP contribution is -2.60. The van der Waals surface area contributed by atoms with Gasteiger partial charge in [-0.1, -0.05) is 0 Å². The van der Waals surface area contributed by atoms with Gasteiger partial charge in [0.15, 0.2) is 5.82 Å². The summed E-state index contributed by atoms with van der Waals surface area (Å²) in [5, 5.41) is 0. The molecule has 6 nitrogen and oxygen atoms in total. The van der Waals surface area contributed by atoms with E-state index in [1.54, 1.807) is 7.05 Å². The van der Waals surface area contributed by atoms with Crippen LogP contribution in [0.1, 0.15) is 24.8 Å². The van der Waals surface area contributed by atoms with Crippen molar-refractivity contribution in [3.8, 4) is 11.8 Å². The Kier molecular flexibility index (Phi) is 6.13. The lowest BCUT2D eigenvalue weighted by Gasteiger charge is -2.43. The molecule has 1 aliphatic heterocycles. The molecule has 0 radical (unpaired) electrons. The number of rotatable bonds is 7. The van der Waals surface area contributed by atoms with E-state index in [1.807, 2.05) is 11.9 Å². The molecule has 1 aromatic heterocycles. The first kappa shape index (κ1) is 22.5. The van der Waals surface area contributed by atoms with Crippen LogP contribution in [0, 0.1) is 11.7 Å². The molecule has 2 fully saturated rings. The van der Waals surface area contributed by atoms with Crippen LogP contribution in [-0.4, -0.2) is 72.9 Å². The molecule has 11 heteroatoms. The van der Waals surface area contributed by atoms with Crippen molar-refractivity contribution in [2.45, 2.75) is 43.7 Å². The van der Waals surface area contributed by atoms with Crippen molar-refractivity contribution in [1.29, 1.82) is 0 Å². The maximum Gasteiger partial charge on any atom is 0.316 e. The van der Waals surface area contributed by atoms with Crippen LogP contribution in [0.3, 0.4) is 0 Å². The molecule has 0 spiro atoms. The van der Waals surface area contributed by atoms with Gasteiger partial charge >= 0.3 is 11.8 Å². The predicted octanol–water partition coefficient (Wildman–Crippen LogP) is 2.95. The average molecular weight is 437 g/mol. The van der Waals surface area contributed by atoms with Crippen LogP contribution in [0.2, 0.25) is 0 Å². The molecule has 1 amide bonds. The van der Waals surface area contributed by atoms with Gasteiger partial charge in [-0.05, 0) is 32.5 Å². The number of hydrogen-bond acceptors (Lipinski definition) is 5. The minimum atomic E-state index is -4.20. The lowest BCUT2D eigenvalue weighted by molar-refractivity contribution is -0.317. The van der Waals surface area contributed by atoms with E-state index < -0.39 is 42.5 Å². The predicted molar refractivity (Wildman–Crippen MR) is 96.4 cm³/mol. The molecule has 1 saturated heterocycles. The van der Waals surface area contributed by atoms with Crippen molar-refractivity contribution < 1.29 is 36.2 Å². The van der Waals surface area contributed by atoms with E-state index in [0.717, 1.165) is 25.5 Å². The van der Waals surface area contributed by atoms with Crippen molar-refractivity contribution >= 4 is 5.91 Å². The Morgan fingerprint density at radius 1 is 1.33 bits per heavy atom. The summed E-state index contributed by atoms with van der Waals surface area (Å²) >= 11 is 0. The summed E-state index contributed by atoms with van der Waals surface area (Å²) in [6, 6.07) is 0.792. The number of methoxy groups -OCH3 is 1. The molecule has 30 heavy (non-hydrogen) atoms. The molecule has 2 heterocycles. The number of carbonyl (C=O) groups excluding carboxylic acids is 1. The van der Waals surface area contributed by atoms with Crippen LogP contribution < -0.4 is 9.47 Å². The Morgan fingerprint density at radius 2 is 2.03 bits per heavy atom. The molecular formula is C19H24F5N3O3. The maximum atomic E-state index is 14.4. The van der Waals surface area contributed by atoms with Gasteiger partial charge < -0.3 is 14.4 Å². The number of likely N-dealkylation sites (N-methyl/N-ethyl adjacent to an activating group) is 2. The van der Waals surface area contributed by atoms with Crippen molar-refractivity contribution in [1.82, 2.24) is 14.8 Å². The van der Waals surface area contributed by atoms with Crippen LogP contribution in [0.4, 0.5) is 22.0 Å². The summed E-state index contributed by atoms with van der Waals surface area (Å²) in [6.45, 7) is 0.0344. The molecule has 0 aromatic carbocycles. The fraction of sp³-hybridized carbons (Fsp3) is 0.684. The molecule has 0 bridgehead atoms. The van der Waals surface area contributed by atoms with Gasteiger partial charge in [0, 0.05) is 19.0 Å². The van der Waals surface area contributed by atoms with Crippen LogP contribution in [0.15, 0.2) is 6.07 Å². The van der Waals surface area contributed by atoms with Gasteiger partial charge in [-0.25, -0.2) is 4.39 Å². The zero-order valence-electron chi connectivity index (χ0n) is 16.9. The lowest BCUT2D eigenvalue weighted by atomic mass is 9.77. The van der Waals surface area contributed by atoms with Gasteiger partial charge in [-0.3, -0.25) is 9.69 Å². The highest BCUT2D eigenvalue weighted by molar-refractivity contribution is 5.82. The Hall–Kier alpha value is -2.17. The maximum absolute atomic E-state index is 14.4. The van der Waals surface area contributed by atoms with Crippen LogP contribution in [0.5, 0.6) is 11.8 Å². The highest BCUT2D eigenvalue weighted by Gasteiger charge is 2.71. The van der Waals surface area contributed by atoms with E-state index >= 15 is 0 Å². The van der Waals surface area contributed by atoms with E-state index in [9.17, 15) is 26.7 Å². The minimum Gasteiger partial charge on any atom is -0.481 e. The number of ether oxygens (including phenoxy) is 2. The summed E-state index contributed by atoms with van der Waals surface area (Å²) < 4.78 is 77.0. The number of hydrogen-bond donors (Lipinski definition) is 0. The molecule has 1 saturated carbocycles. The third-order valence-corrected chi connectivity index (χ3v) is 5.69. The Bertz CT molecular complexity index is 808. The molecule has 2 unspecified atom stereocenters. The third kappa shape index (κ3) is 4.03. The third-order valence-electron chi connectivity index (χ3n) is 5.69. The minimum absolute atomic E-state index is 0.0173. The summed E-state index contributed by atoms with van der Waals surface area (Å²) in [6.07, 6.45) is 0.610. The molecular weight excluding hydrogens is 413 g/mol. The van der Waals surface area contributed by atoms with Gasteiger partial charge in [0.1, 0.15) is 0 Å². The summed E-state index contributed by atoms with van der Waals surface area (Å²) in [4.78, 5) is 19.8. The summed E-state index contributed by atoms with van der Waals surface area (Å²) in [5.41, 5.74) is 0.263.